The van der Waals surface area contributed by atoms with Crippen molar-refractivity contribution in [1.29, 1.82) is 0 Å². The fourth-order valence-electron chi connectivity index (χ4n) is 1.23. The Morgan fingerprint density at radius 3 is 3.00 bits per heavy atom. The summed E-state index contributed by atoms with van der Waals surface area (Å²) in [5.41, 5.74) is 2.16. The molecule has 1 saturated heterocycles. The van der Waals surface area contributed by atoms with Gasteiger partial charge in [0.15, 0.2) is 0 Å². The second kappa shape index (κ2) is 4.62. The van der Waals surface area contributed by atoms with Crippen molar-refractivity contribution in [1.82, 2.24) is 5.43 Å². The van der Waals surface area contributed by atoms with Crippen LogP contribution >= 0.6 is 11.8 Å². The molecule has 0 radical (unpaired) electrons. The molecule has 1 heterocycles. The van der Waals surface area contributed by atoms with Crippen molar-refractivity contribution < 1.29 is 4.79 Å². The van der Waals surface area contributed by atoms with Gasteiger partial charge in [0.2, 0.25) is 5.91 Å². The van der Waals surface area contributed by atoms with E-state index < -0.39 is 0 Å². The molecule has 0 aromatic rings. The SMILES string of the molecule is NNC(=O)CC1CCCCS1. The van der Waals surface area contributed by atoms with E-state index in [0.717, 1.165) is 6.42 Å². The number of nitrogens with one attached hydrogen (secondary N) is 1. The zero-order valence-electron chi connectivity index (χ0n) is 6.51. The Morgan fingerprint density at radius 2 is 2.45 bits per heavy atom. The Kier molecular flexibility index (Phi) is 3.72. The number of hydrogen-bond donors (Lipinski definition) is 2. The van der Waals surface area contributed by atoms with Crippen LogP contribution in [0.4, 0.5) is 0 Å². The van der Waals surface area contributed by atoms with Gasteiger partial charge in [0, 0.05) is 11.7 Å². The number of carbonyl (C=O) groups excluding carboxylic acids is 1. The summed E-state index contributed by atoms with van der Waals surface area (Å²) in [4.78, 5) is 10.8. The Balaban J connectivity index is 2.19. The van der Waals surface area contributed by atoms with Gasteiger partial charge < -0.3 is 0 Å². The van der Waals surface area contributed by atoms with E-state index in [0.29, 0.717) is 11.7 Å². The van der Waals surface area contributed by atoms with Gasteiger partial charge in [-0.05, 0) is 18.6 Å². The first-order chi connectivity index (χ1) is 5.33. The molecule has 1 atom stereocenters. The van der Waals surface area contributed by atoms with Gasteiger partial charge in [-0.2, -0.15) is 11.8 Å². The zero-order valence-corrected chi connectivity index (χ0v) is 7.32. The van der Waals surface area contributed by atoms with Crippen LogP contribution in [0.2, 0.25) is 0 Å². The Morgan fingerprint density at radius 1 is 1.64 bits per heavy atom. The predicted molar refractivity (Wildman–Crippen MR) is 47.0 cm³/mol. The number of thioether (sulfide) groups is 1. The van der Waals surface area contributed by atoms with Gasteiger partial charge >= 0.3 is 0 Å². The van der Waals surface area contributed by atoms with Gasteiger partial charge in [0.1, 0.15) is 0 Å². The number of hydrogen-bond acceptors (Lipinski definition) is 3. The third-order valence-electron chi connectivity index (χ3n) is 1.85. The van der Waals surface area contributed by atoms with Crippen molar-refractivity contribution in [3.8, 4) is 0 Å². The molecular formula is C7H14N2OS. The smallest absolute Gasteiger partial charge is 0.234 e. The van der Waals surface area contributed by atoms with Gasteiger partial charge in [0.05, 0.1) is 0 Å². The third kappa shape index (κ3) is 3.12. The fraction of sp³-hybridized carbons (Fsp3) is 0.857. The van der Waals surface area contributed by atoms with Crippen LogP contribution in [-0.2, 0) is 4.79 Å². The predicted octanol–water partition coefficient (Wildman–Crippen LogP) is 0.652. The molecule has 0 aromatic heterocycles. The van der Waals surface area contributed by atoms with E-state index in [-0.39, 0.29) is 5.91 Å². The molecule has 64 valence electrons. The number of rotatable bonds is 2. The van der Waals surface area contributed by atoms with Crippen molar-refractivity contribution >= 4 is 17.7 Å². The lowest BCUT2D eigenvalue weighted by atomic mass is 10.1. The maximum absolute atomic E-state index is 10.8. The van der Waals surface area contributed by atoms with E-state index in [2.05, 4.69) is 5.43 Å². The average Bonchev–Trinajstić information content (AvgIpc) is 2.06. The molecule has 1 fully saturated rings. The lowest BCUT2D eigenvalue weighted by molar-refractivity contribution is -0.121. The Labute approximate surface area is 71.1 Å². The first-order valence-corrected chi connectivity index (χ1v) is 4.99. The van der Waals surface area contributed by atoms with E-state index >= 15 is 0 Å². The molecule has 0 bridgehead atoms. The van der Waals surface area contributed by atoms with Crippen LogP contribution in [-0.4, -0.2) is 16.9 Å². The maximum Gasteiger partial charge on any atom is 0.234 e. The highest BCUT2D eigenvalue weighted by molar-refractivity contribution is 7.99. The van der Waals surface area contributed by atoms with Crippen molar-refractivity contribution in [2.24, 2.45) is 5.84 Å². The lowest BCUT2D eigenvalue weighted by Gasteiger charge is -2.19. The molecule has 1 amide bonds. The summed E-state index contributed by atoms with van der Waals surface area (Å²) < 4.78 is 0. The van der Waals surface area contributed by atoms with Crippen LogP contribution in [0.15, 0.2) is 0 Å². The molecule has 1 aliphatic heterocycles. The van der Waals surface area contributed by atoms with E-state index in [4.69, 9.17) is 5.84 Å². The molecule has 11 heavy (non-hydrogen) atoms. The van der Waals surface area contributed by atoms with Crippen LogP contribution < -0.4 is 11.3 Å². The molecule has 3 N–H and O–H groups in total. The van der Waals surface area contributed by atoms with E-state index in [1.165, 1.54) is 18.6 Å². The number of nitrogens with two attached hydrogens (primary N) is 1. The minimum Gasteiger partial charge on any atom is -0.294 e. The van der Waals surface area contributed by atoms with Crippen LogP contribution in [0.5, 0.6) is 0 Å². The molecule has 1 aliphatic rings. The van der Waals surface area contributed by atoms with E-state index in [1.54, 1.807) is 0 Å². The quantitative estimate of drug-likeness (QED) is 0.367. The molecule has 0 saturated carbocycles. The van der Waals surface area contributed by atoms with Crippen molar-refractivity contribution in [3.63, 3.8) is 0 Å². The summed E-state index contributed by atoms with van der Waals surface area (Å²) in [6, 6.07) is 0. The zero-order chi connectivity index (χ0) is 8.10. The topological polar surface area (TPSA) is 55.1 Å². The largest absolute Gasteiger partial charge is 0.294 e. The first kappa shape index (κ1) is 8.87. The van der Waals surface area contributed by atoms with Crippen molar-refractivity contribution in [3.05, 3.63) is 0 Å². The summed E-state index contributed by atoms with van der Waals surface area (Å²) in [5, 5.41) is 0.507. The second-order valence-electron chi connectivity index (χ2n) is 2.76. The van der Waals surface area contributed by atoms with E-state index in [1.807, 2.05) is 11.8 Å². The highest BCUT2D eigenvalue weighted by atomic mass is 32.2. The van der Waals surface area contributed by atoms with Crippen LogP contribution in [0.3, 0.4) is 0 Å². The second-order valence-corrected chi connectivity index (χ2v) is 4.17. The maximum atomic E-state index is 10.8. The van der Waals surface area contributed by atoms with Gasteiger partial charge in [-0.15, -0.1) is 0 Å². The molecule has 4 heteroatoms. The van der Waals surface area contributed by atoms with Gasteiger partial charge in [-0.3, -0.25) is 10.2 Å². The number of hydrazine groups is 1. The van der Waals surface area contributed by atoms with Gasteiger partial charge in [-0.1, -0.05) is 6.42 Å². The molecule has 0 aromatic carbocycles. The third-order valence-corrected chi connectivity index (χ3v) is 3.25. The minimum absolute atomic E-state index is 0.0376. The molecule has 3 nitrogen and oxygen atoms in total. The normalized spacial score (nSPS) is 24.6. The average molecular weight is 174 g/mol. The highest BCUT2D eigenvalue weighted by Gasteiger charge is 2.16. The van der Waals surface area contributed by atoms with Crippen LogP contribution in [0.1, 0.15) is 25.7 Å². The minimum atomic E-state index is -0.0376. The number of amides is 1. The van der Waals surface area contributed by atoms with Gasteiger partial charge in [0.25, 0.3) is 0 Å². The monoisotopic (exact) mass is 174 g/mol. The van der Waals surface area contributed by atoms with Crippen molar-refractivity contribution in [2.75, 3.05) is 5.75 Å². The van der Waals surface area contributed by atoms with E-state index in [9.17, 15) is 4.79 Å². The molecular weight excluding hydrogens is 160 g/mol. The highest BCUT2D eigenvalue weighted by Crippen LogP contribution is 2.26. The fourth-order valence-corrected chi connectivity index (χ4v) is 2.54. The molecule has 0 spiro atoms. The summed E-state index contributed by atoms with van der Waals surface area (Å²) in [6.45, 7) is 0. The Bertz CT molecular complexity index is 134. The first-order valence-electron chi connectivity index (χ1n) is 3.94. The van der Waals surface area contributed by atoms with Gasteiger partial charge in [-0.25, -0.2) is 5.84 Å². The van der Waals surface area contributed by atoms with Crippen molar-refractivity contribution in [2.45, 2.75) is 30.9 Å². The standard InChI is InChI=1S/C7H14N2OS/c8-9-7(10)5-6-3-1-2-4-11-6/h6H,1-5,8H2,(H,9,10). The Hall–Kier alpha value is -0.220. The molecule has 0 aliphatic carbocycles. The lowest BCUT2D eigenvalue weighted by Crippen LogP contribution is -2.32. The summed E-state index contributed by atoms with van der Waals surface area (Å²) in [6.07, 6.45) is 4.31. The summed E-state index contributed by atoms with van der Waals surface area (Å²) >= 11 is 1.89. The summed E-state index contributed by atoms with van der Waals surface area (Å²) in [7, 11) is 0. The van der Waals surface area contributed by atoms with Crippen LogP contribution in [0.25, 0.3) is 0 Å². The molecule has 1 rings (SSSR count). The molecule has 1 unspecified atom stereocenters. The van der Waals surface area contributed by atoms with Crippen LogP contribution in [0, 0.1) is 0 Å². The summed E-state index contributed by atoms with van der Waals surface area (Å²) in [5.74, 6) is 6.14. The number of carbonyl (C=O) groups is 1.